The number of carbonyl (C=O) groups is 1. The van der Waals surface area contributed by atoms with Crippen molar-refractivity contribution in [3.05, 3.63) is 38.9 Å². The number of nitro groups is 1. The van der Waals surface area contributed by atoms with Crippen molar-refractivity contribution in [2.24, 2.45) is 5.92 Å². The Bertz CT molecular complexity index is 519. The van der Waals surface area contributed by atoms with Crippen LogP contribution in [0.25, 0.3) is 0 Å². The van der Waals surface area contributed by atoms with Crippen LogP contribution in [-0.4, -0.2) is 28.8 Å². The number of halogens is 1. The summed E-state index contributed by atoms with van der Waals surface area (Å²) in [5.41, 5.74) is 0.103. The summed E-state index contributed by atoms with van der Waals surface area (Å²) in [6.07, 6.45) is 2.04. The molecule has 1 unspecified atom stereocenters. The van der Waals surface area contributed by atoms with E-state index >= 15 is 0 Å². The largest absolute Gasteiger partial charge is 0.338 e. The molecule has 1 amide bonds. The van der Waals surface area contributed by atoms with Gasteiger partial charge < -0.3 is 4.90 Å². The Morgan fingerprint density at radius 1 is 1.58 bits per heavy atom. The van der Waals surface area contributed by atoms with Crippen molar-refractivity contribution < 1.29 is 9.72 Å². The molecular weight excluding hydrogens is 268 g/mol. The number of likely N-dealkylation sites (tertiary alicyclic amines) is 1. The van der Waals surface area contributed by atoms with Gasteiger partial charge in [0.15, 0.2) is 0 Å². The molecule has 1 heterocycles. The van der Waals surface area contributed by atoms with Crippen LogP contribution in [0.15, 0.2) is 18.2 Å². The third kappa shape index (κ3) is 2.87. The Kier molecular flexibility index (Phi) is 4.04. The summed E-state index contributed by atoms with van der Waals surface area (Å²) in [4.78, 5) is 24.2. The van der Waals surface area contributed by atoms with Crippen molar-refractivity contribution in [3.63, 3.8) is 0 Å². The van der Waals surface area contributed by atoms with Crippen LogP contribution in [0.4, 0.5) is 5.69 Å². The van der Waals surface area contributed by atoms with Gasteiger partial charge in [-0.25, -0.2) is 0 Å². The molecule has 5 nitrogen and oxygen atoms in total. The molecule has 1 atom stereocenters. The highest BCUT2D eigenvalue weighted by Crippen LogP contribution is 2.27. The Hall–Kier alpha value is -1.62. The summed E-state index contributed by atoms with van der Waals surface area (Å²) in [5, 5.41) is 10.9. The maximum absolute atomic E-state index is 12.3. The molecule has 1 aromatic rings. The van der Waals surface area contributed by atoms with E-state index in [1.54, 1.807) is 4.90 Å². The van der Waals surface area contributed by atoms with Gasteiger partial charge in [-0.3, -0.25) is 14.9 Å². The van der Waals surface area contributed by atoms with Crippen LogP contribution in [0.3, 0.4) is 0 Å². The molecule has 0 spiro atoms. The van der Waals surface area contributed by atoms with E-state index in [1.807, 2.05) is 0 Å². The summed E-state index contributed by atoms with van der Waals surface area (Å²) in [5.74, 6) is 0.377. The van der Waals surface area contributed by atoms with Crippen LogP contribution in [0.5, 0.6) is 0 Å². The fourth-order valence-corrected chi connectivity index (χ4v) is 2.51. The van der Waals surface area contributed by atoms with Crippen molar-refractivity contribution in [3.8, 4) is 0 Å². The monoisotopic (exact) mass is 282 g/mol. The number of nitro benzene ring substituents is 1. The zero-order valence-electron chi connectivity index (χ0n) is 10.6. The average molecular weight is 283 g/mol. The molecule has 19 heavy (non-hydrogen) atoms. The molecule has 1 fully saturated rings. The lowest BCUT2D eigenvalue weighted by Gasteiger charge is -2.16. The topological polar surface area (TPSA) is 63.5 Å². The van der Waals surface area contributed by atoms with Crippen molar-refractivity contribution in [1.82, 2.24) is 4.90 Å². The van der Waals surface area contributed by atoms with Gasteiger partial charge in [-0.05, 0) is 24.5 Å². The number of rotatable bonds is 3. The van der Waals surface area contributed by atoms with Crippen LogP contribution in [0.2, 0.25) is 5.02 Å². The molecule has 0 aliphatic carbocycles. The Morgan fingerprint density at radius 2 is 2.32 bits per heavy atom. The van der Waals surface area contributed by atoms with Crippen LogP contribution >= 0.6 is 11.6 Å². The molecule has 2 rings (SSSR count). The van der Waals surface area contributed by atoms with Crippen LogP contribution in [0.1, 0.15) is 30.1 Å². The molecule has 6 heteroatoms. The Labute approximate surface area is 116 Å². The molecule has 102 valence electrons. The summed E-state index contributed by atoms with van der Waals surface area (Å²) in [7, 11) is 0. The van der Waals surface area contributed by atoms with Crippen LogP contribution < -0.4 is 0 Å². The molecular formula is C13H15ClN2O3. The normalized spacial score (nSPS) is 18.6. The van der Waals surface area contributed by atoms with E-state index in [4.69, 9.17) is 11.6 Å². The first-order valence-electron chi connectivity index (χ1n) is 6.26. The van der Waals surface area contributed by atoms with E-state index < -0.39 is 4.92 Å². The fraction of sp³-hybridized carbons (Fsp3) is 0.462. The molecule has 0 N–H and O–H groups in total. The number of amides is 1. The zero-order valence-corrected chi connectivity index (χ0v) is 11.4. The number of carbonyl (C=O) groups excluding carboxylic acids is 1. The predicted octanol–water partition coefficient (Wildman–Crippen LogP) is 3.12. The zero-order chi connectivity index (χ0) is 14.0. The van der Waals surface area contributed by atoms with Gasteiger partial charge in [0, 0.05) is 24.7 Å². The van der Waals surface area contributed by atoms with Gasteiger partial charge in [0.1, 0.15) is 5.02 Å². The number of nitrogens with zero attached hydrogens (tertiary/aromatic N) is 2. The quantitative estimate of drug-likeness (QED) is 0.632. The molecule has 1 saturated heterocycles. The fourth-order valence-electron chi connectivity index (χ4n) is 2.32. The van der Waals surface area contributed by atoms with E-state index in [0.717, 1.165) is 19.4 Å². The number of hydrogen-bond donors (Lipinski definition) is 0. The van der Waals surface area contributed by atoms with E-state index in [2.05, 4.69) is 6.92 Å². The summed E-state index contributed by atoms with van der Waals surface area (Å²) in [6.45, 7) is 3.55. The van der Waals surface area contributed by atoms with Crippen molar-refractivity contribution >= 4 is 23.2 Å². The lowest BCUT2D eigenvalue weighted by atomic mass is 10.1. The molecule has 0 bridgehead atoms. The van der Waals surface area contributed by atoms with Gasteiger partial charge in [0.25, 0.3) is 11.6 Å². The SMILES string of the molecule is CCC1CCN(C(=O)c2ccc(Cl)c([N+](=O)[O-])c2)C1. The van der Waals surface area contributed by atoms with Gasteiger partial charge >= 0.3 is 0 Å². The van der Waals surface area contributed by atoms with Crippen LogP contribution in [-0.2, 0) is 0 Å². The van der Waals surface area contributed by atoms with E-state index in [0.29, 0.717) is 18.0 Å². The average Bonchev–Trinajstić information content (AvgIpc) is 2.87. The first-order chi connectivity index (χ1) is 9.02. The summed E-state index contributed by atoms with van der Waals surface area (Å²) in [6, 6.07) is 4.20. The van der Waals surface area contributed by atoms with Crippen LogP contribution in [0, 0.1) is 16.0 Å². The molecule has 1 aliphatic rings. The molecule has 0 saturated carbocycles. The number of benzene rings is 1. The summed E-state index contributed by atoms with van der Waals surface area (Å²) >= 11 is 5.73. The smallest absolute Gasteiger partial charge is 0.288 e. The highest BCUT2D eigenvalue weighted by atomic mass is 35.5. The van der Waals surface area contributed by atoms with Crippen molar-refractivity contribution in [2.45, 2.75) is 19.8 Å². The third-order valence-electron chi connectivity index (χ3n) is 3.54. The third-order valence-corrected chi connectivity index (χ3v) is 3.86. The maximum atomic E-state index is 12.3. The second kappa shape index (κ2) is 5.57. The lowest BCUT2D eigenvalue weighted by Crippen LogP contribution is -2.28. The molecule has 1 aromatic carbocycles. The van der Waals surface area contributed by atoms with Gasteiger partial charge in [0.2, 0.25) is 0 Å². The summed E-state index contributed by atoms with van der Waals surface area (Å²) < 4.78 is 0. The second-order valence-corrected chi connectivity index (χ2v) is 5.14. The highest BCUT2D eigenvalue weighted by molar-refractivity contribution is 6.32. The van der Waals surface area contributed by atoms with Crippen molar-refractivity contribution in [1.29, 1.82) is 0 Å². The van der Waals surface area contributed by atoms with Gasteiger partial charge in [0.05, 0.1) is 4.92 Å². The van der Waals surface area contributed by atoms with Crippen molar-refractivity contribution in [2.75, 3.05) is 13.1 Å². The Morgan fingerprint density at radius 3 is 2.89 bits per heavy atom. The van der Waals surface area contributed by atoms with E-state index in [-0.39, 0.29) is 16.6 Å². The lowest BCUT2D eigenvalue weighted by molar-refractivity contribution is -0.384. The standard InChI is InChI=1S/C13H15ClN2O3/c1-2-9-5-6-15(8-9)13(17)10-3-4-11(14)12(7-10)16(18)19/h3-4,7,9H,2,5-6,8H2,1H3. The maximum Gasteiger partial charge on any atom is 0.288 e. The minimum Gasteiger partial charge on any atom is -0.338 e. The predicted molar refractivity (Wildman–Crippen MR) is 72.4 cm³/mol. The van der Waals surface area contributed by atoms with Gasteiger partial charge in [-0.2, -0.15) is 0 Å². The Balaban J connectivity index is 2.20. The minimum absolute atomic E-state index is 0.0504. The first kappa shape index (κ1) is 13.8. The molecule has 1 aliphatic heterocycles. The molecule has 0 aromatic heterocycles. The first-order valence-corrected chi connectivity index (χ1v) is 6.64. The minimum atomic E-state index is -0.571. The van der Waals surface area contributed by atoms with Gasteiger partial charge in [-0.15, -0.1) is 0 Å². The second-order valence-electron chi connectivity index (χ2n) is 4.74. The van der Waals surface area contributed by atoms with E-state index in [9.17, 15) is 14.9 Å². The number of hydrogen-bond acceptors (Lipinski definition) is 3. The van der Waals surface area contributed by atoms with E-state index in [1.165, 1.54) is 18.2 Å². The molecule has 0 radical (unpaired) electrons. The van der Waals surface area contributed by atoms with Gasteiger partial charge in [-0.1, -0.05) is 24.9 Å². The highest BCUT2D eigenvalue weighted by Gasteiger charge is 2.27.